The topological polar surface area (TPSA) is 55.1 Å². The molecule has 0 unspecified atom stereocenters. The number of nitrogens with zero attached hydrogens (tertiary/aromatic N) is 2. The van der Waals surface area contributed by atoms with Crippen LogP contribution in [0.5, 0.6) is 0 Å². The fourth-order valence-electron chi connectivity index (χ4n) is 3.01. The molecule has 0 amide bonds. The predicted octanol–water partition coefficient (Wildman–Crippen LogP) is 3.20. The van der Waals surface area contributed by atoms with E-state index in [0.717, 1.165) is 23.3 Å². The monoisotopic (exact) mass is 258 g/mol. The van der Waals surface area contributed by atoms with Gasteiger partial charge in [0.05, 0.1) is 16.6 Å². The molecule has 0 aliphatic heterocycles. The first kappa shape index (κ1) is 12.2. The van der Waals surface area contributed by atoms with Crippen molar-refractivity contribution in [3.8, 4) is 0 Å². The summed E-state index contributed by atoms with van der Waals surface area (Å²) in [6, 6.07) is 5.24. The second-order valence-electron chi connectivity index (χ2n) is 5.58. The van der Waals surface area contributed by atoms with Crippen LogP contribution in [0.25, 0.3) is 11.0 Å². The van der Waals surface area contributed by atoms with Crippen LogP contribution in [0.1, 0.15) is 49.3 Å². The van der Waals surface area contributed by atoms with Gasteiger partial charge in [0.15, 0.2) is 0 Å². The molecule has 4 heteroatoms. The largest absolute Gasteiger partial charge is 0.478 e. The molecule has 1 fully saturated rings. The van der Waals surface area contributed by atoms with E-state index >= 15 is 0 Å². The van der Waals surface area contributed by atoms with E-state index in [0.29, 0.717) is 5.56 Å². The van der Waals surface area contributed by atoms with Crippen molar-refractivity contribution in [2.75, 3.05) is 0 Å². The lowest BCUT2D eigenvalue weighted by atomic mass is 9.78. The van der Waals surface area contributed by atoms with Gasteiger partial charge in [0.2, 0.25) is 0 Å². The highest BCUT2D eigenvalue weighted by Gasteiger charge is 2.36. The Balaban J connectivity index is 2.22. The van der Waals surface area contributed by atoms with E-state index in [1.165, 1.54) is 19.3 Å². The van der Waals surface area contributed by atoms with Crippen LogP contribution in [-0.4, -0.2) is 20.6 Å². The third kappa shape index (κ3) is 1.74. The van der Waals surface area contributed by atoms with Crippen LogP contribution in [0.15, 0.2) is 18.2 Å². The third-order valence-electron chi connectivity index (χ3n) is 4.26. The standard InChI is InChI=1S/C15H18N2O2/c1-3-13-16-11-9-10(14(18)19)5-6-12(11)17(13)15(2)7-4-8-15/h5-6,9H,3-4,7-8H2,1-2H3,(H,18,19). The van der Waals surface area contributed by atoms with Crippen LogP contribution in [0.3, 0.4) is 0 Å². The van der Waals surface area contributed by atoms with Crippen molar-refractivity contribution in [3.05, 3.63) is 29.6 Å². The second kappa shape index (κ2) is 4.08. The molecule has 1 N–H and O–H groups in total. The average molecular weight is 258 g/mol. The summed E-state index contributed by atoms with van der Waals surface area (Å²) in [7, 11) is 0. The first-order valence-corrected chi connectivity index (χ1v) is 6.80. The summed E-state index contributed by atoms with van der Waals surface area (Å²) < 4.78 is 2.32. The van der Waals surface area contributed by atoms with Crippen molar-refractivity contribution < 1.29 is 9.90 Å². The zero-order chi connectivity index (χ0) is 13.6. The van der Waals surface area contributed by atoms with Crippen LogP contribution >= 0.6 is 0 Å². The molecule has 1 aromatic carbocycles. The Hall–Kier alpha value is -1.84. The highest BCUT2D eigenvalue weighted by atomic mass is 16.4. The van der Waals surface area contributed by atoms with E-state index in [-0.39, 0.29) is 5.54 Å². The molecule has 1 saturated carbocycles. The van der Waals surface area contributed by atoms with Crippen molar-refractivity contribution in [2.45, 2.75) is 45.1 Å². The lowest BCUT2D eigenvalue weighted by Crippen LogP contribution is -2.38. The van der Waals surface area contributed by atoms with Crippen molar-refractivity contribution in [1.29, 1.82) is 0 Å². The SMILES string of the molecule is CCc1nc2cc(C(=O)O)ccc2n1C1(C)CCC1. The molecule has 0 atom stereocenters. The van der Waals surface area contributed by atoms with Gasteiger partial charge in [0, 0.05) is 12.0 Å². The maximum absolute atomic E-state index is 11.0. The van der Waals surface area contributed by atoms with Gasteiger partial charge in [-0.05, 0) is 44.4 Å². The van der Waals surface area contributed by atoms with Crippen LogP contribution in [0, 0.1) is 0 Å². The van der Waals surface area contributed by atoms with Gasteiger partial charge < -0.3 is 9.67 Å². The average Bonchev–Trinajstić information content (AvgIpc) is 2.73. The number of carbonyl (C=O) groups is 1. The number of imidazole rings is 1. The number of benzene rings is 1. The minimum atomic E-state index is -0.899. The summed E-state index contributed by atoms with van der Waals surface area (Å²) in [5, 5.41) is 9.06. The molecule has 0 spiro atoms. The van der Waals surface area contributed by atoms with E-state index < -0.39 is 5.97 Å². The van der Waals surface area contributed by atoms with Gasteiger partial charge in [-0.3, -0.25) is 0 Å². The van der Waals surface area contributed by atoms with Gasteiger partial charge in [0.1, 0.15) is 5.82 Å². The molecule has 0 bridgehead atoms. The molecule has 0 saturated heterocycles. The highest BCUT2D eigenvalue weighted by Crippen LogP contribution is 2.41. The van der Waals surface area contributed by atoms with Crippen LogP contribution in [0.2, 0.25) is 0 Å². The normalized spacial score (nSPS) is 17.4. The summed E-state index contributed by atoms with van der Waals surface area (Å²) in [5.74, 6) is 0.157. The second-order valence-corrected chi connectivity index (χ2v) is 5.58. The minimum absolute atomic E-state index is 0.158. The van der Waals surface area contributed by atoms with Crippen molar-refractivity contribution in [3.63, 3.8) is 0 Å². The van der Waals surface area contributed by atoms with Gasteiger partial charge in [-0.25, -0.2) is 9.78 Å². The van der Waals surface area contributed by atoms with Crippen molar-refractivity contribution in [1.82, 2.24) is 9.55 Å². The van der Waals surface area contributed by atoms with E-state index in [9.17, 15) is 4.79 Å². The maximum Gasteiger partial charge on any atom is 0.335 e. The lowest BCUT2D eigenvalue weighted by molar-refractivity contribution is 0.0697. The first-order chi connectivity index (χ1) is 9.05. The molecule has 3 rings (SSSR count). The lowest BCUT2D eigenvalue weighted by Gasteiger charge is -2.41. The van der Waals surface area contributed by atoms with Gasteiger partial charge in [-0.2, -0.15) is 0 Å². The van der Waals surface area contributed by atoms with E-state index in [4.69, 9.17) is 5.11 Å². The van der Waals surface area contributed by atoms with Gasteiger partial charge in [0.25, 0.3) is 0 Å². The molecule has 1 aliphatic carbocycles. The number of rotatable bonds is 3. The fourth-order valence-corrected chi connectivity index (χ4v) is 3.01. The summed E-state index contributed by atoms with van der Waals surface area (Å²) in [5.41, 5.74) is 2.32. The molecule has 4 nitrogen and oxygen atoms in total. The quantitative estimate of drug-likeness (QED) is 0.919. The van der Waals surface area contributed by atoms with Crippen molar-refractivity contribution >= 4 is 17.0 Å². The molecule has 2 aromatic rings. The van der Waals surface area contributed by atoms with Gasteiger partial charge in [-0.1, -0.05) is 6.92 Å². The molecule has 1 heterocycles. The van der Waals surface area contributed by atoms with Gasteiger partial charge in [-0.15, -0.1) is 0 Å². The number of hydrogen-bond acceptors (Lipinski definition) is 2. The Bertz CT molecular complexity index is 653. The number of hydrogen-bond donors (Lipinski definition) is 1. The Labute approximate surface area is 112 Å². The number of fused-ring (bicyclic) bond motifs is 1. The predicted molar refractivity (Wildman–Crippen MR) is 73.6 cm³/mol. The maximum atomic E-state index is 11.0. The zero-order valence-corrected chi connectivity index (χ0v) is 11.3. The number of aromatic carboxylic acids is 1. The molecule has 100 valence electrons. The third-order valence-corrected chi connectivity index (χ3v) is 4.26. The van der Waals surface area contributed by atoms with Crippen LogP contribution in [-0.2, 0) is 12.0 Å². The van der Waals surface area contributed by atoms with E-state index in [1.807, 2.05) is 6.07 Å². The Morgan fingerprint density at radius 1 is 1.47 bits per heavy atom. The number of aromatic nitrogens is 2. The Morgan fingerprint density at radius 3 is 2.74 bits per heavy atom. The highest BCUT2D eigenvalue weighted by molar-refractivity contribution is 5.92. The summed E-state index contributed by atoms with van der Waals surface area (Å²) >= 11 is 0. The van der Waals surface area contributed by atoms with Crippen LogP contribution < -0.4 is 0 Å². The molecule has 1 aliphatic rings. The smallest absolute Gasteiger partial charge is 0.335 e. The minimum Gasteiger partial charge on any atom is -0.478 e. The van der Waals surface area contributed by atoms with E-state index in [1.54, 1.807) is 12.1 Å². The fraction of sp³-hybridized carbons (Fsp3) is 0.467. The van der Waals surface area contributed by atoms with Crippen LogP contribution in [0.4, 0.5) is 0 Å². The molecular weight excluding hydrogens is 240 g/mol. The van der Waals surface area contributed by atoms with Crippen molar-refractivity contribution in [2.24, 2.45) is 0 Å². The Morgan fingerprint density at radius 2 is 2.21 bits per heavy atom. The first-order valence-electron chi connectivity index (χ1n) is 6.80. The number of aryl methyl sites for hydroxylation is 1. The molecule has 0 radical (unpaired) electrons. The summed E-state index contributed by atoms with van der Waals surface area (Å²) in [4.78, 5) is 15.7. The zero-order valence-electron chi connectivity index (χ0n) is 11.3. The molecule has 19 heavy (non-hydrogen) atoms. The summed E-state index contributed by atoms with van der Waals surface area (Å²) in [6.45, 7) is 4.36. The molecular formula is C15H18N2O2. The Kier molecular flexibility index (Phi) is 2.62. The number of carboxylic acids is 1. The van der Waals surface area contributed by atoms with Gasteiger partial charge >= 0.3 is 5.97 Å². The summed E-state index contributed by atoms with van der Waals surface area (Å²) in [6.07, 6.45) is 4.47. The van der Waals surface area contributed by atoms with E-state index in [2.05, 4.69) is 23.4 Å². The molecule has 1 aromatic heterocycles. The number of carboxylic acid groups (broad SMARTS) is 1.